The topological polar surface area (TPSA) is 110 Å². The van der Waals surface area contributed by atoms with Crippen LogP contribution in [-0.2, 0) is 18.2 Å². The fourth-order valence-electron chi connectivity index (χ4n) is 2.22. The van der Waals surface area contributed by atoms with Gasteiger partial charge < -0.3 is 9.74 Å². The van der Waals surface area contributed by atoms with Crippen LogP contribution in [0.5, 0.6) is 11.5 Å². The summed E-state index contributed by atoms with van der Waals surface area (Å²) in [5.74, 6) is 1.29. The Morgan fingerprint density at radius 1 is 1.06 bits per heavy atom. The molecule has 2 aromatic rings. The number of likely N-dealkylation sites (N-methyl/N-ethyl adjacent to an activating group) is 1. The summed E-state index contributed by atoms with van der Waals surface area (Å²) in [4.78, 5) is 11.3. The molecule has 2 aromatic carbocycles. The highest BCUT2D eigenvalue weighted by molar-refractivity contribution is 8.71. The van der Waals surface area contributed by atoms with Crippen LogP contribution in [-0.4, -0.2) is 43.6 Å². The molecule has 15 heteroatoms. The number of hydrogen-bond acceptors (Lipinski definition) is 9. The van der Waals surface area contributed by atoms with Crippen molar-refractivity contribution in [3.8, 4) is 11.5 Å². The van der Waals surface area contributed by atoms with Crippen LogP contribution in [0.2, 0.25) is 0 Å². The number of hydrogen-bond donors (Lipinski definition) is 2. The van der Waals surface area contributed by atoms with Crippen molar-refractivity contribution in [3.05, 3.63) is 59.7 Å². The van der Waals surface area contributed by atoms with Gasteiger partial charge in [0.1, 0.15) is 0 Å². The van der Waals surface area contributed by atoms with Gasteiger partial charge in [0.2, 0.25) is 11.8 Å². The van der Waals surface area contributed by atoms with Crippen LogP contribution in [0.15, 0.2) is 63.8 Å². The summed E-state index contributed by atoms with van der Waals surface area (Å²) in [6.45, 7) is 0.246. The van der Waals surface area contributed by atoms with Gasteiger partial charge in [-0.25, -0.2) is 0 Å². The molecule has 9 nitrogen and oxygen atoms in total. The van der Waals surface area contributed by atoms with Gasteiger partial charge in [0.05, 0.1) is 28.7 Å². The fourth-order valence-corrected chi connectivity index (χ4v) is 6.13. The lowest BCUT2D eigenvalue weighted by molar-refractivity contribution is 0.317. The molecule has 2 unspecified atom stereocenters. The van der Waals surface area contributed by atoms with Crippen molar-refractivity contribution in [2.45, 2.75) is 6.42 Å². The van der Waals surface area contributed by atoms with Crippen molar-refractivity contribution >= 4 is 56.6 Å². The average molecular weight is 558 g/mol. The Bertz CT molecular complexity index is 969. The Balaban J connectivity index is 1.82. The zero-order chi connectivity index (χ0) is 24.1. The van der Waals surface area contributed by atoms with E-state index in [4.69, 9.17) is 31.5 Å². The fraction of sp³-hybridized carbons (Fsp3) is 0.278. The molecule has 0 radical (unpaired) electrons. The second kappa shape index (κ2) is 15.5. The molecule has 0 aliphatic heterocycles. The molecule has 33 heavy (non-hydrogen) atoms. The summed E-state index contributed by atoms with van der Waals surface area (Å²) in [7, 11) is 5.60. The minimum absolute atomic E-state index is 0.104. The minimum atomic E-state index is -1.33. The molecule has 0 aliphatic rings. The molecule has 0 fully saturated rings. The number of rotatable bonds is 14. The van der Waals surface area contributed by atoms with E-state index < -0.39 is 14.1 Å². The Morgan fingerprint density at radius 3 is 2.30 bits per heavy atom. The van der Waals surface area contributed by atoms with Gasteiger partial charge in [-0.05, 0) is 68.0 Å². The van der Waals surface area contributed by atoms with E-state index in [2.05, 4.69) is 46.4 Å². The maximum absolute atomic E-state index is 7.28. The SMILES string of the molecule is CN(C)CCc1ccc(O[P+](=S)N(C)/N=C/c2ccc(ON=NPP(P=N)P=N)cc2)cc1. The second-order valence-corrected chi connectivity index (χ2v) is 19.0. The number of nitrogens with zero attached hydrogens (tertiary/aromatic N) is 5. The normalized spacial score (nSPS) is 13.5. The van der Waals surface area contributed by atoms with Crippen LogP contribution < -0.4 is 9.36 Å². The first-order chi connectivity index (χ1) is 15.9. The summed E-state index contributed by atoms with van der Waals surface area (Å²) in [6.07, 6.45) is 2.70. The molecule has 0 aliphatic carbocycles. The maximum atomic E-state index is 7.28. The van der Waals surface area contributed by atoms with E-state index in [0.717, 1.165) is 24.3 Å². The zero-order valence-electron chi connectivity index (χ0n) is 18.4. The van der Waals surface area contributed by atoms with Crippen molar-refractivity contribution in [1.29, 1.82) is 10.3 Å². The van der Waals surface area contributed by atoms with E-state index in [1.165, 1.54) is 5.56 Å². The molecule has 0 saturated heterocycles. The van der Waals surface area contributed by atoms with Crippen LogP contribution in [0.3, 0.4) is 0 Å². The van der Waals surface area contributed by atoms with E-state index in [0.29, 0.717) is 21.9 Å². The first kappa shape index (κ1) is 27.9. The monoisotopic (exact) mass is 558 g/mol. The van der Waals surface area contributed by atoms with Gasteiger partial charge in [0, 0.05) is 27.9 Å². The lowest BCUT2D eigenvalue weighted by Crippen LogP contribution is -2.14. The van der Waals surface area contributed by atoms with Crippen LogP contribution in [0.4, 0.5) is 0 Å². The Hall–Kier alpha value is -1.35. The first-order valence-corrected chi connectivity index (χ1v) is 18.1. The first-order valence-electron chi connectivity index (χ1n) is 9.55. The highest BCUT2D eigenvalue weighted by Gasteiger charge is 2.20. The lowest BCUT2D eigenvalue weighted by atomic mass is 10.1. The quantitative estimate of drug-likeness (QED) is 0.106. The predicted octanol–water partition coefficient (Wildman–Crippen LogP) is 7.89. The highest BCUT2D eigenvalue weighted by atomic mass is 32.7. The van der Waals surface area contributed by atoms with Gasteiger partial charge in [0.15, 0.2) is 11.5 Å². The van der Waals surface area contributed by atoms with Crippen LogP contribution in [0.1, 0.15) is 11.1 Å². The molecule has 0 saturated carbocycles. The molecule has 2 N–H and O–H groups in total. The molecule has 0 aromatic heterocycles. The minimum Gasteiger partial charge on any atom is -0.339 e. The molecule has 174 valence electrons. The summed E-state index contributed by atoms with van der Waals surface area (Å²) >= 11 is 5.47. The second-order valence-electron chi connectivity index (χ2n) is 6.69. The van der Waals surface area contributed by atoms with Gasteiger partial charge >= 0.3 is 7.07 Å². The van der Waals surface area contributed by atoms with Crippen molar-refractivity contribution < 1.29 is 9.36 Å². The van der Waals surface area contributed by atoms with Gasteiger partial charge in [-0.1, -0.05) is 16.9 Å². The third-order valence-corrected chi connectivity index (χ3v) is 13.5. The summed E-state index contributed by atoms with van der Waals surface area (Å²) < 4.78 is 7.51. The molecular weight excluding hydrogens is 533 g/mol. The molecule has 0 spiro atoms. The average Bonchev–Trinajstić information content (AvgIpc) is 2.82. The number of nitrogens with one attached hydrogen (secondary N) is 2. The molecular formula is C18H25N7O2P5S+. The smallest absolute Gasteiger partial charge is 0.339 e. The van der Waals surface area contributed by atoms with E-state index in [9.17, 15) is 0 Å². The predicted molar refractivity (Wildman–Crippen MR) is 145 cm³/mol. The van der Waals surface area contributed by atoms with Gasteiger partial charge in [0.25, 0.3) is 0 Å². The largest absolute Gasteiger partial charge is 0.540 e. The van der Waals surface area contributed by atoms with Crippen LogP contribution in [0.25, 0.3) is 0 Å². The molecule has 2 rings (SSSR count). The van der Waals surface area contributed by atoms with Crippen molar-refractivity contribution in [3.63, 3.8) is 0 Å². The maximum Gasteiger partial charge on any atom is 0.540 e. The highest BCUT2D eigenvalue weighted by Crippen LogP contribution is 2.74. The van der Waals surface area contributed by atoms with Crippen LogP contribution in [0, 0.1) is 10.3 Å². The molecule has 0 amide bonds. The third kappa shape index (κ3) is 11.1. The van der Waals surface area contributed by atoms with Crippen LogP contribution >= 0.6 is 38.6 Å². The molecule has 0 bridgehead atoms. The Labute approximate surface area is 206 Å². The van der Waals surface area contributed by atoms with Gasteiger partial charge in [-0.3, -0.25) is 14.8 Å². The Kier molecular flexibility index (Phi) is 13.1. The van der Waals surface area contributed by atoms with E-state index in [-0.39, 0.29) is 8.42 Å². The summed E-state index contributed by atoms with van der Waals surface area (Å²) in [5.41, 5.74) is 2.14. The third-order valence-electron chi connectivity index (χ3n) is 3.96. The van der Waals surface area contributed by atoms with Gasteiger partial charge in [-0.15, -0.1) is 9.99 Å². The Morgan fingerprint density at radius 2 is 1.70 bits per heavy atom. The van der Waals surface area contributed by atoms with Crippen molar-refractivity contribution in [2.24, 2.45) is 15.3 Å². The molecule has 0 heterocycles. The van der Waals surface area contributed by atoms with Gasteiger partial charge in [-0.2, -0.15) is 0 Å². The van der Waals surface area contributed by atoms with Crippen molar-refractivity contribution in [2.75, 3.05) is 27.7 Å². The summed E-state index contributed by atoms with van der Waals surface area (Å²) in [6, 6.07) is 15.2. The number of benzene rings is 2. The van der Waals surface area contributed by atoms with Crippen molar-refractivity contribution in [1.82, 2.24) is 9.68 Å². The molecule has 2 atom stereocenters. The number of hydrazone groups is 1. The lowest BCUT2D eigenvalue weighted by Gasteiger charge is -2.09. The van der Waals surface area contributed by atoms with E-state index >= 15 is 0 Å². The van der Waals surface area contributed by atoms with E-state index in [1.54, 1.807) is 30.2 Å². The summed E-state index contributed by atoms with van der Waals surface area (Å²) in [5, 5.41) is 22.6. The standard InChI is InChI=1S/C18H25N7O2P5S/c1-24(2)13-12-15-4-10-18(11-5-15)27-31(33)25(3)21-14-16-6-8-17(9-7-16)26-22-23-30-32(28-19)29-20/h4-11,14,19-20,30H,12-13H2,1-3H3/q+1/b21-14+,23-22?. The zero-order valence-corrected chi connectivity index (χ0v) is 23.8. The van der Waals surface area contributed by atoms with E-state index in [1.807, 2.05) is 24.3 Å².